The summed E-state index contributed by atoms with van der Waals surface area (Å²) in [6, 6.07) is 22.0. The van der Waals surface area contributed by atoms with E-state index >= 15 is 0 Å². The highest BCUT2D eigenvalue weighted by Crippen LogP contribution is 2.26. The highest BCUT2D eigenvalue weighted by Gasteiger charge is 2.23. The molecule has 0 saturated carbocycles. The van der Waals surface area contributed by atoms with Gasteiger partial charge in [0, 0.05) is 28.4 Å². The zero-order valence-corrected chi connectivity index (χ0v) is 19.0. The Kier molecular flexibility index (Phi) is 8.61. The quantitative estimate of drug-likeness (QED) is 0.333. The smallest absolute Gasteiger partial charge is 0.307 e. The summed E-state index contributed by atoms with van der Waals surface area (Å²) in [7, 11) is 0. The molecular formula is C26H25ClN2O4. The van der Waals surface area contributed by atoms with Crippen molar-refractivity contribution >= 4 is 34.9 Å². The van der Waals surface area contributed by atoms with Gasteiger partial charge in [-0.15, -0.1) is 0 Å². The summed E-state index contributed by atoms with van der Waals surface area (Å²) in [6.45, 7) is 2.15. The lowest BCUT2D eigenvalue weighted by molar-refractivity contribution is -0.143. The van der Waals surface area contributed by atoms with Crippen molar-refractivity contribution in [3.8, 4) is 0 Å². The molecule has 1 amide bonds. The topological polar surface area (TPSA) is 84.5 Å². The predicted molar refractivity (Wildman–Crippen MR) is 128 cm³/mol. The number of ether oxygens (including phenoxy) is 1. The van der Waals surface area contributed by atoms with E-state index in [1.807, 2.05) is 6.07 Å². The fourth-order valence-electron chi connectivity index (χ4n) is 3.29. The number of halogens is 1. The van der Waals surface area contributed by atoms with E-state index in [-0.39, 0.29) is 37.2 Å². The molecule has 0 aromatic heterocycles. The van der Waals surface area contributed by atoms with Crippen LogP contribution in [0.25, 0.3) is 0 Å². The van der Waals surface area contributed by atoms with Gasteiger partial charge in [-0.3, -0.25) is 14.4 Å². The molecule has 0 aliphatic carbocycles. The molecule has 0 heterocycles. The minimum absolute atomic E-state index is 0.0655. The third kappa shape index (κ3) is 6.67. The standard InChI is InChI=1S/C26H25ClN2O4/c1-2-33-23(30)16-17-28-26(32)24(18-12-14-20(27)15-13-18)29-22-11-7-6-10-21(22)25(31)19-8-4-3-5-9-19/h3-15,24,29H,2,16-17H2,1H3,(H,28,32). The molecule has 6 nitrogen and oxygen atoms in total. The molecule has 0 spiro atoms. The van der Waals surface area contributed by atoms with Gasteiger partial charge < -0.3 is 15.4 Å². The Bertz CT molecular complexity index is 1100. The molecule has 2 N–H and O–H groups in total. The van der Waals surface area contributed by atoms with Gasteiger partial charge in [-0.2, -0.15) is 0 Å². The van der Waals surface area contributed by atoms with Crippen LogP contribution in [-0.2, 0) is 14.3 Å². The van der Waals surface area contributed by atoms with Crippen LogP contribution in [0.3, 0.4) is 0 Å². The molecule has 0 aliphatic heterocycles. The highest BCUT2D eigenvalue weighted by atomic mass is 35.5. The third-order valence-electron chi connectivity index (χ3n) is 4.91. The molecule has 33 heavy (non-hydrogen) atoms. The predicted octanol–water partition coefficient (Wildman–Crippen LogP) is 4.79. The van der Waals surface area contributed by atoms with Gasteiger partial charge in [0.2, 0.25) is 5.91 Å². The summed E-state index contributed by atoms with van der Waals surface area (Å²) in [5.74, 6) is -0.882. The first-order valence-electron chi connectivity index (χ1n) is 10.6. The molecule has 7 heteroatoms. The number of esters is 1. The SMILES string of the molecule is CCOC(=O)CCNC(=O)C(Nc1ccccc1C(=O)c1ccccc1)c1ccc(Cl)cc1. The van der Waals surface area contributed by atoms with E-state index in [4.69, 9.17) is 16.3 Å². The fraction of sp³-hybridized carbons (Fsp3) is 0.192. The van der Waals surface area contributed by atoms with Crippen molar-refractivity contribution in [3.05, 3.63) is 101 Å². The van der Waals surface area contributed by atoms with Gasteiger partial charge >= 0.3 is 5.97 Å². The number of amides is 1. The minimum Gasteiger partial charge on any atom is -0.466 e. The van der Waals surface area contributed by atoms with Crippen molar-refractivity contribution in [1.29, 1.82) is 0 Å². The fourth-order valence-corrected chi connectivity index (χ4v) is 3.41. The van der Waals surface area contributed by atoms with E-state index in [2.05, 4.69) is 10.6 Å². The number of ketones is 1. The van der Waals surface area contributed by atoms with E-state index < -0.39 is 6.04 Å². The van der Waals surface area contributed by atoms with Crippen LogP contribution in [0.5, 0.6) is 0 Å². The van der Waals surface area contributed by atoms with Crippen LogP contribution in [0.15, 0.2) is 78.9 Å². The number of para-hydroxylation sites is 1. The van der Waals surface area contributed by atoms with Crippen LogP contribution in [0.1, 0.15) is 40.9 Å². The summed E-state index contributed by atoms with van der Waals surface area (Å²) in [6.07, 6.45) is 0.0655. The Labute approximate surface area is 197 Å². The van der Waals surface area contributed by atoms with E-state index in [1.54, 1.807) is 79.7 Å². The maximum atomic E-state index is 13.1. The number of benzene rings is 3. The van der Waals surface area contributed by atoms with Crippen LogP contribution in [0.2, 0.25) is 5.02 Å². The lowest BCUT2D eigenvalue weighted by Crippen LogP contribution is -2.35. The molecular weight excluding hydrogens is 440 g/mol. The number of anilines is 1. The zero-order chi connectivity index (χ0) is 23.6. The zero-order valence-electron chi connectivity index (χ0n) is 18.2. The van der Waals surface area contributed by atoms with Gasteiger partial charge in [0.05, 0.1) is 13.0 Å². The van der Waals surface area contributed by atoms with Gasteiger partial charge in [0.25, 0.3) is 0 Å². The van der Waals surface area contributed by atoms with Crippen LogP contribution >= 0.6 is 11.6 Å². The van der Waals surface area contributed by atoms with Crippen molar-refractivity contribution in [2.75, 3.05) is 18.5 Å². The summed E-state index contributed by atoms with van der Waals surface area (Å²) < 4.78 is 4.90. The first kappa shape index (κ1) is 24.0. The molecule has 1 unspecified atom stereocenters. The Morgan fingerprint density at radius 3 is 2.27 bits per heavy atom. The lowest BCUT2D eigenvalue weighted by atomic mass is 10.00. The van der Waals surface area contributed by atoms with Gasteiger partial charge in [0.1, 0.15) is 6.04 Å². The third-order valence-corrected chi connectivity index (χ3v) is 5.16. The van der Waals surface area contributed by atoms with Crippen LogP contribution < -0.4 is 10.6 Å². The van der Waals surface area contributed by atoms with Crippen molar-refractivity contribution < 1.29 is 19.1 Å². The largest absolute Gasteiger partial charge is 0.466 e. The van der Waals surface area contributed by atoms with E-state index in [9.17, 15) is 14.4 Å². The molecule has 3 aromatic carbocycles. The normalized spacial score (nSPS) is 11.3. The van der Waals surface area contributed by atoms with Crippen LogP contribution in [0.4, 0.5) is 5.69 Å². The van der Waals surface area contributed by atoms with Crippen LogP contribution in [0, 0.1) is 0 Å². The van der Waals surface area contributed by atoms with Gasteiger partial charge in [-0.05, 0) is 36.8 Å². The molecule has 1 atom stereocenters. The second kappa shape index (κ2) is 11.8. The number of rotatable bonds is 10. The lowest BCUT2D eigenvalue weighted by Gasteiger charge is -2.21. The van der Waals surface area contributed by atoms with Gasteiger partial charge in [-0.1, -0.05) is 66.2 Å². The molecule has 3 rings (SSSR count). The molecule has 0 saturated heterocycles. The first-order valence-corrected chi connectivity index (χ1v) is 11.0. The highest BCUT2D eigenvalue weighted by molar-refractivity contribution is 6.30. The molecule has 0 radical (unpaired) electrons. The minimum atomic E-state index is -0.811. The van der Waals surface area contributed by atoms with Crippen molar-refractivity contribution in [2.45, 2.75) is 19.4 Å². The van der Waals surface area contributed by atoms with Crippen molar-refractivity contribution in [1.82, 2.24) is 5.32 Å². The summed E-state index contributed by atoms with van der Waals surface area (Å²) >= 11 is 6.02. The average Bonchev–Trinajstić information content (AvgIpc) is 2.83. The number of nitrogens with one attached hydrogen (secondary N) is 2. The number of hydrogen-bond donors (Lipinski definition) is 2. The molecule has 0 bridgehead atoms. The van der Waals surface area contributed by atoms with Gasteiger partial charge in [0.15, 0.2) is 5.78 Å². The number of hydrogen-bond acceptors (Lipinski definition) is 5. The second-order valence-corrected chi connectivity index (χ2v) is 7.65. The Morgan fingerprint density at radius 1 is 0.909 bits per heavy atom. The molecule has 0 aliphatic rings. The Balaban J connectivity index is 1.85. The van der Waals surface area contributed by atoms with Crippen molar-refractivity contribution in [2.24, 2.45) is 0 Å². The number of carbonyl (C=O) groups excluding carboxylic acids is 3. The van der Waals surface area contributed by atoms with E-state index in [0.717, 1.165) is 0 Å². The van der Waals surface area contributed by atoms with Crippen LogP contribution in [-0.4, -0.2) is 30.8 Å². The monoisotopic (exact) mass is 464 g/mol. The summed E-state index contributed by atoms with van der Waals surface area (Å²) in [5, 5.41) is 6.51. The van der Waals surface area contributed by atoms with Crippen molar-refractivity contribution in [3.63, 3.8) is 0 Å². The molecule has 170 valence electrons. The second-order valence-electron chi connectivity index (χ2n) is 7.22. The Morgan fingerprint density at radius 2 is 1.58 bits per heavy atom. The van der Waals surface area contributed by atoms with Gasteiger partial charge in [-0.25, -0.2) is 0 Å². The van der Waals surface area contributed by atoms with E-state index in [0.29, 0.717) is 27.4 Å². The maximum Gasteiger partial charge on any atom is 0.307 e. The molecule has 3 aromatic rings. The number of carbonyl (C=O) groups is 3. The summed E-state index contributed by atoms with van der Waals surface area (Å²) in [5.41, 5.74) is 2.18. The van der Waals surface area contributed by atoms with E-state index in [1.165, 1.54) is 0 Å². The Hall–Kier alpha value is -3.64. The summed E-state index contributed by atoms with van der Waals surface area (Å²) in [4.78, 5) is 37.8. The average molecular weight is 465 g/mol. The first-order chi connectivity index (χ1) is 16.0. The maximum absolute atomic E-state index is 13.1. The molecule has 0 fully saturated rings.